The van der Waals surface area contributed by atoms with Crippen molar-refractivity contribution in [3.8, 4) is 0 Å². The fourth-order valence-corrected chi connectivity index (χ4v) is 8.13. The minimum Gasteiger partial charge on any atom is -0.381 e. The van der Waals surface area contributed by atoms with Gasteiger partial charge in [-0.2, -0.15) is 10.2 Å². The van der Waals surface area contributed by atoms with E-state index in [1.807, 2.05) is 21.8 Å². The number of anilines is 2. The highest BCUT2D eigenvalue weighted by Gasteiger charge is 2.25. The molecule has 15 heteroatoms. The number of amides is 2. The third kappa shape index (κ3) is 7.73. The van der Waals surface area contributed by atoms with E-state index in [0.717, 1.165) is 81.6 Å². The normalized spacial score (nSPS) is 15.6. The minimum absolute atomic E-state index is 0.240. The van der Waals surface area contributed by atoms with Gasteiger partial charge in [-0.1, -0.05) is 13.8 Å². The van der Waals surface area contributed by atoms with Crippen molar-refractivity contribution < 1.29 is 19.1 Å². The molecule has 5 aromatic heterocycles. The predicted octanol–water partition coefficient (Wildman–Crippen LogP) is 5.44. The summed E-state index contributed by atoms with van der Waals surface area (Å²) in [6.07, 6.45) is 8.75. The van der Waals surface area contributed by atoms with Gasteiger partial charge in [0.25, 0.3) is 11.8 Å². The highest BCUT2D eigenvalue weighted by Crippen LogP contribution is 2.33. The second-order valence-electron chi connectivity index (χ2n) is 13.5. The number of aryl methyl sites for hydroxylation is 4. The molecule has 2 amide bonds. The maximum atomic E-state index is 13.6. The number of hydrogen-bond donors (Lipinski definition) is 4. The Kier molecular flexibility index (Phi) is 11.5. The molecular formula is C38H50N10O4S. The average Bonchev–Trinajstić information content (AvgIpc) is 3.96. The molecule has 2 saturated heterocycles. The monoisotopic (exact) mass is 742 g/mol. The molecule has 4 N–H and O–H groups in total. The summed E-state index contributed by atoms with van der Waals surface area (Å²) in [6, 6.07) is 3.94. The van der Waals surface area contributed by atoms with Gasteiger partial charge in [0.15, 0.2) is 11.3 Å². The number of carbonyl (C=O) groups excluding carboxylic acids is 2. The zero-order valence-electron chi connectivity index (χ0n) is 31.1. The molecule has 0 radical (unpaired) electrons. The van der Waals surface area contributed by atoms with E-state index in [1.54, 1.807) is 12.1 Å². The maximum absolute atomic E-state index is 13.6. The van der Waals surface area contributed by atoms with E-state index in [0.29, 0.717) is 75.2 Å². The number of nitrogens with one attached hydrogen (secondary N) is 4. The lowest BCUT2D eigenvalue weighted by molar-refractivity contribution is 0.0903. The molecule has 0 bridgehead atoms. The van der Waals surface area contributed by atoms with Crippen LogP contribution in [0.5, 0.6) is 0 Å². The highest BCUT2D eigenvalue weighted by molar-refractivity contribution is 7.15. The summed E-state index contributed by atoms with van der Waals surface area (Å²) >= 11 is 1.18. The van der Waals surface area contributed by atoms with Gasteiger partial charge >= 0.3 is 0 Å². The van der Waals surface area contributed by atoms with Crippen molar-refractivity contribution in [2.75, 3.05) is 37.1 Å². The molecule has 2 fully saturated rings. The maximum Gasteiger partial charge on any atom is 0.261 e. The van der Waals surface area contributed by atoms with Crippen LogP contribution in [0.2, 0.25) is 0 Å². The SMILES string of the molecule is CCc1nc2c(cnn2CC)c(NC2CCOCC2)c1CNC(=O)c1ccc(C(=O)NCc2c(CC)nc3c(cnn3CC)c2NC2CCOCC2)s1. The second-order valence-corrected chi connectivity index (χ2v) is 14.6. The van der Waals surface area contributed by atoms with Gasteiger partial charge in [-0.15, -0.1) is 11.3 Å². The predicted molar refractivity (Wildman–Crippen MR) is 207 cm³/mol. The Morgan fingerprint density at radius 1 is 0.698 bits per heavy atom. The molecule has 7 rings (SSSR count). The van der Waals surface area contributed by atoms with E-state index < -0.39 is 0 Å². The molecule has 0 aliphatic carbocycles. The van der Waals surface area contributed by atoms with Crippen LogP contribution in [0, 0.1) is 0 Å². The van der Waals surface area contributed by atoms with Crippen molar-refractivity contribution in [1.29, 1.82) is 0 Å². The summed E-state index contributed by atoms with van der Waals surface area (Å²) < 4.78 is 15.0. The molecular weight excluding hydrogens is 693 g/mol. The Hall–Kier alpha value is -4.60. The third-order valence-corrected chi connectivity index (χ3v) is 11.3. The number of fused-ring (bicyclic) bond motifs is 2. The van der Waals surface area contributed by atoms with Gasteiger partial charge in [-0.25, -0.2) is 19.3 Å². The molecule has 14 nitrogen and oxygen atoms in total. The fraction of sp³-hybridized carbons (Fsp3) is 0.526. The van der Waals surface area contributed by atoms with Crippen LogP contribution < -0.4 is 21.3 Å². The molecule has 0 saturated carbocycles. The van der Waals surface area contributed by atoms with Crippen molar-refractivity contribution in [3.63, 3.8) is 0 Å². The third-order valence-electron chi connectivity index (χ3n) is 10.3. The van der Waals surface area contributed by atoms with Crippen molar-refractivity contribution in [3.05, 3.63) is 56.8 Å². The quantitative estimate of drug-likeness (QED) is 0.115. The zero-order valence-corrected chi connectivity index (χ0v) is 31.9. The van der Waals surface area contributed by atoms with E-state index in [-0.39, 0.29) is 23.9 Å². The molecule has 282 valence electrons. The summed E-state index contributed by atoms with van der Waals surface area (Å²) in [7, 11) is 0. The average molecular weight is 743 g/mol. The molecule has 5 aromatic rings. The van der Waals surface area contributed by atoms with Crippen molar-refractivity contribution in [2.45, 2.75) is 104 Å². The topological polar surface area (TPSA) is 162 Å². The van der Waals surface area contributed by atoms with E-state index in [2.05, 4.69) is 59.2 Å². The van der Waals surface area contributed by atoms with E-state index in [9.17, 15) is 9.59 Å². The first-order valence-corrected chi connectivity index (χ1v) is 19.8. The molecule has 7 heterocycles. The first kappa shape index (κ1) is 36.7. The van der Waals surface area contributed by atoms with Crippen LogP contribution in [0.25, 0.3) is 22.1 Å². The number of hydrogen-bond acceptors (Lipinski definition) is 11. The van der Waals surface area contributed by atoms with Gasteiger partial charge in [-0.3, -0.25) is 9.59 Å². The lowest BCUT2D eigenvalue weighted by Gasteiger charge is -2.26. The fourth-order valence-electron chi connectivity index (χ4n) is 7.29. The van der Waals surface area contributed by atoms with Crippen molar-refractivity contribution >= 4 is 56.6 Å². The Labute approximate surface area is 313 Å². The standard InChI is InChI=1S/C38H50N10O4S/c1-5-29-25(33(43-23-11-15-51-16-12-23)27-21-41-47(7-3)35(27)45-29)19-39-37(49)31-9-10-32(53-31)38(50)40-20-26-30(6-2)46-36-28(22-42-48(36)8-4)34(26)44-24-13-17-52-18-14-24/h9-10,21-24H,5-8,11-20H2,1-4H3,(H,39,49)(H,40,50)(H,43,45)(H,44,46). The number of carbonyl (C=O) groups is 2. The number of aromatic nitrogens is 6. The van der Waals surface area contributed by atoms with Gasteiger partial charge in [0.05, 0.1) is 44.3 Å². The number of pyridine rings is 2. The number of thiophene rings is 1. The molecule has 0 spiro atoms. The smallest absolute Gasteiger partial charge is 0.261 e. The molecule has 0 atom stereocenters. The van der Waals surface area contributed by atoms with Crippen LogP contribution in [-0.2, 0) is 48.5 Å². The van der Waals surface area contributed by atoms with Crippen LogP contribution in [0.1, 0.15) is 95.2 Å². The van der Waals surface area contributed by atoms with Crippen LogP contribution in [0.15, 0.2) is 24.5 Å². The van der Waals surface area contributed by atoms with Gasteiger partial charge in [0.2, 0.25) is 0 Å². The van der Waals surface area contributed by atoms with Gasteiger partial charge in [-0.05, 0) is 64.5 Å². The van der Waals surface area contributed by atoms with Gasteiger partial charge in [0.1, 0.15) is 0 Å². The minimum atomic E-state index is -0.240. The summed E-state index contributed by atoms with van der Waals surface area (Å²) in [5.74, 6) is -0.479. The Bertz CT molecular complexity index is 1930. The molecule has 2 aliphatic rings. The largest absolute Gasteiger partial charge is 0.381 e. The number of nitrogens with zero attached hydrogens (tertiary/aromatic N) is 6. The van der Waals surface area contributed by atoms with Crippen LogP contribution >= 0.6 is 11.3 Å². The Morgan fingerprint density at radius 2 is 1.11 bits per heavy atom. The van der Waals surface area contributed by atoms with Crippen molar-refractivity contribution in [1.82, 2.24) is 40.2 Å². The summed E-state index contributed by atoms with van der Waals surface area (Å²) in [5, 5.41) is 24.9. The first-order chi connectivity index (χ1) is 25.9. The van der Waals surface area contributed by atoms with Crippen LogP contribution in [0.4, 0.5) is 11.4 Å². The van der Waals surface area contributed by atoms with E-state index in [4.69, 9.17) is 19.4 Å². The summed E-state index contributed by atoms with van der Waals surface area (Å²) in [5.41, 5.74) is 7.36. The lowest BCUT2D eigenvalue weighted by atomic mass is 10.0. The van der Waals surface area contributed by atoms with E-state index in [1.165, 1.54) is 11.3 Å². The highest BCUT2D eigenvalue weighted by atomic mass is 32.1. The van der Waals surface area contributed by atoms with Crippen LogP contribution in [0.3, 0.4) is 0 Å². The molecule has 2 aliphatic heterocycles. The first-order valence-electron chi connectivity index (χ1n) is 19.0. The van der Waals surface area contributed by atoms with Crippen LogP contribution in [-0.4, -0.2) is 79.9 Å². The molecule has 53 heavy (non-hydrogen) atoms. The number of rotatable bonds is 14. The zero-order chi connectivity index (χ0) is 36.9. The van der Waals surface area contributed by atoms with Gasteiger partial charge in [0, 0.05) is 87.2 Å². The molecule has 0 aromatic carbocycles. The van der Waals surface area contributed by atoms with Gasteiger partial charge < -0.3 is 30.7 Å². The molecule has 0 unspecified atom stereocenters. The summed E-state index contributed by atoms with van der Waals surface area (Å²) in [4.78, 5) is 38.1. The van der Waals surface area contributed by atoms with E-state index >= 15 is 0 Å². The number of ether oxygens (including phenoxy) is 2. The van der Waals surface area contributed by atoms with Crippen molar-refractivity contribution in [2.24, 2.45) is 0 Å². The second kappa shape index (κ2) is 16.6. The lowest BCUT2D eigenvalue weighted by Crippen LogP contribution is -2.30. The Balaban J connectivity index is 1.08. The Morgan fingerprint density at radius 3 is 1.49 bits per heavy atom. The summed E-state index contributed by atoms with van der Waals surface area (Å²) in [6.45, 7) is 13.1.